The molecular formula is C15H23F2NO4. The topological polar surface area (TPSA) is 66.8 Å². The van der Waals surface area contributed by atoms with Crippen LogP contribution >= 0.6 is 0 Å². The highest BCUT2D eigenvalue weighted by Crippen LogP contribution is 2.37. The minimum absolute atomic E-state index is 0.224. The average molecular weight is 319 g/mol. The highest BCUT2D eigenvalue weighted by molar-refractivity contribution is 5.93. The molecule has 1 rings (SSSR count). The van der Waals surface area contributed by atoms with Gasteiger partial charge in [-0.15, -0.1) is 0 Å². The average Bonchev–Trinajstić information content (AvgIpc) is 2.43. The molecule has 0 spiro atoms. The predicted molar refractivity (Wildman–Crippen MR) is 76.7 cm³/mol. The molecule has 0 radical (unpaired) electrons. The van der Waals surface area contributed by atoms with Crippen molar-refractivity contribution >= 4 is 11.9 Å². The van der Waals surface area contributed by atoms with Crippen molar-refractivity contribution in [1.82, 2.24) is 4.90 Å². The van der Waals surface area contributed by atoms with Crippen LogP contribution in [0, 0.1) is 5.41 Å². The second-order valence-corrected chi connectivity index (χ2v) is 5.99. The minimum Gasteiger partial charge on any atom is -0.437 e. The quantitative estimate of drug-likeness (QED) is 0.811. The minimum atomic E-state index is -4.00. The first-order valence-corrected chi connectivity index (χ1v) is 7.30. The van der Waals surface area contributed by atoms with Crippen LogP contribution in [0.15, 0.2) is 12.2 Å². The molecule has 0 aliphatic heterocycles. The van der Waals surface area contributed by atoms with Gasteiger partial charge in [0.05, 0.1) is 0 Å². The Morgan fingerprint density at radius 2 is 1.95 bits per heavy atom. The van der Waals surface area contributed by atoms with Crippen molar-refractivity contribution < 1.29 is 28.2 Å². The molecule has 0 saturated carbocycles. The number of carbonyl (C=O) groups excluding carboxylic acids is 2. The summed E-state index contributed by atoms with van der Waals surface area (Å²) in [5, 5.41) is 9.43. The number of hydrogen-bond acceptors (Lipinski definition) is 4. The van der Waals surface area contributed by atoms with E-state index in [1.165, 1.54) is 11.0 Å². The van der Waals surface area contributed by atoms with Crippen LogP contribution in [0.5, 0.6) is 0 Å². The number of rotatable bonds is 3. The van der Waals surface area contributed by atoms with Crippen molar-refractivity contribution in [2.45, 2.75) is 52.2 Å². The standard InChI is InChI=1S/C15H23F2NO4/c1-5-18(6-2)13(21)22-12-11(20)15(16,17)10(19)8-7-9-14(12,3)4/h7-8,10,12,19H,5-6,9H2,1-4H3/b8-7-/t10?,12-/m1/s1. The molecule has 2 atom stereocenters. The van der Waals surface area contributed by atoms with E-state index in [0.29, 0.717) is 13.1 Å². The monoisotopic (exact) mass is 319 g/mol. The molecular weight excluding hydrogens is 296 g/mol. The van der Waals surface area contributed by atoms with Crippen LogP contribution in [0.3, 0.4) is 0 Å². The molecule has 1 aliphatic rings. The van der Waals surface area contributed by atoms with Crippen molar-refractivity contribution in [1.29, 1.82) is 0 Å². The number of amides is 1. The van der Waals surface area contributed by atoms with Gasteiger partial charge in [-0.05, 0) is 20.3 Å². The Balaban J connectivity index is 3.13. The number of carbonyl (C=O) groups is 2. The maximum absolute atomic E-state index is 14.0. The lowest BCUT2D eigenvalue weighted by Gasteiger charge is -2.37. The van der Waals surface area contributed by atoms with Crippen LogP contribution in [0.4, 0.5) is 13.6 Å². The molecule has 0 saturated heterocycles. The SMILES string of the molecule is CCN(CC)C(=O)O[C@@H]1C(=O)C(F)(F)C(O)/C=C\CC1(C)C. The molecule has 0 aromatic carbocycles. The van der Waals surface area contributed by atoms with Crippen LogP contribution in [0.1, 0.15) is 34.1 Å². The number of Topliss-reactive ketones (excluding diaryl/α,β-unsaturated/α-hetero) is 1. The predicted octanol–water partition coefficient (Wildman–Crippen LogP) is 2.38. The van der Waals surface area contributed by atoms with Crippen LogP contribution in [0.25, 0.3) is 0 Å². The smallest absolute Gasteiger partial charge is 0.410 e. The van der Waals surface area contributed by atoms with E-state index in [1.54, 1.807) is 27.7 Å². The first-order valence-electron chi connectivity index (χ1n) is 7.30. The van der Waals surface area contributed by atoms with E-state index in [1.807, 2.05) is 0 Å². The van der Waals surface area contributed by atoms with Gasteiger partial charge in [0.1, 0.15) is 6.10 Å². The van der Waals surface area contributed by atoms with Crippen molar-refractivity contribution in [3.05, 3.63) is 12.2 Å². The third-order valence-electron chi connectivity index (χ3n) is 3.85. The fourth-order valence-electron chi connectivity index (χ4n) is 2.27. The zero-order chi connectivity index (χ0) is 17.1. The van der Waals surface area contributed by atoms with Crippen LogP contribution in [0.2, 0.25) is 0 Å². The molecule has 1 unspecified atom stereocenters. The summed E-state index contributed by atoms with van der Waals surface area (Å²) in [4.78, 5) is 25.5. The van der Waals surface area contributed by atoms with E-state index < -0.39 is 35.4 Å². The van der Waals surface area contributed by atoms with Gasteiger partial charge >= 0.3 is 12.0 Å². The molecule has 0 fully saturated rings. The zero-order valence-electron chi connectivity index (χ0n) is 13.3. The molecule has 7 heteroatoms. The van der Waals surface area contributed by atoms with Crippen LogP contribution in [-0.4, -0.2) is 53.1 Å². The van der Waals surface area contributed by atoms with Crippen molar-refractivity contribution in [2.24, 2.45) is 5.41 Å². The van der Waals surface area contributed by atoms with Crippen LogP contribution in [-0.2, 0) is 9.53 Å². The Bertz CT molecular complexity index is 458. The lowest BCUT2D eigenvalue weighted by molar-refractivity contribution is -0.171. The Kier molecular flexibility index (Phi) is 5.67. The molecule has 0 aromatic heterocycles. The molecule has 22 heavy (non-hydrogen) atoms. The number of aliphatic hydroxyl groups excluding tert-OH is 1. The van der Waals surface area contributed by atoms with Gasteiger partial charge in [0.25, 0.3) is 0 Å². The second kappa shape index (κ2) is 6.73. The maximum Gasteiger partial charge on any atom is 0.410 e. The summed E-state index contributed by atoms with van der Waals surface area (Å²) >= 11 is 0. The lowest BCUT2D eigenvalue weighted by Crippen LogP contribution is -2.54. The maximum atomic E-state index is 14.0. The number of halogens is 2. The summed E-state index contributed by atoms with van der Waals surface area (Å²) in [5.74, 6) is -5.57. The van der Waals surface area contributed by atoms with Gasteiger partial charge in [0.15, 0.2) is 6.10 Å². The molecule has 1 N–H and O–H groups in total. The first kappa shape index (κ1) is 18.5. The van der Waals surface area contributed by atoms with Crippen molar-refractivity contribution in [2.75, 3.05) is 13.1 Å². The largest absolute Gasteiger partial charge is 0.437 e. The van der Waals surface area contributed by atoms with E-state index >= 15 is 0 Å². The fourth-order valence-corrected chi connectivity index (χ4v) is 2.27. The number of aliphatic hydroxyl groups is 1. The Hall–Kier alpha value is -1.50. The molecule has 0 heterocycles. The number of ketones is 1. The Morgan fingerprint density at radius 1 is 1.41 bits per heavy atom. The van der Waals surface area contributed by atoms with E-state index in [4.69, 9.17) is 4.74 Å². The lowest BCUT2D eigenvalue weighted by atomic mass is 9.77. The van der Waals surface area contributed by atoms with Gasteiger partial charge in [-0.2, -0.15) is 8.78 Å². The molecule has 0 bridgehead atoms. The summed E-state index contributed by atoms with van der Waals surface area (Å²) in [5.41, 5.74) is -1.00. The van der Waals surface area contributed by atoms with Gasteiger partial charge < -0.3 is 14.7 Å². The summed E-state index contributed by atoms with van der Waals surface area (Å²) in [6.07, 6.45) is -2.15. The van der Waals surface area contributed by atoms with Crippen molar-refractivity contribution in [3.63, 3.8) is 0 Å². The number of hydrogen-bond donors (Lipinski definition) is 1. The number of nitrogens with zero attached hydrogens (tertiary/aromatic N) is 1. The van der Waals surface area contributed by atoms with E-state index in [0.717, 1.165) is 6.08 Å². The van der Waals surface area contributed by atoms with E-state index in [9.17, 15) is 23.5 Å². The van der Waals surface area contributed by atoms with Crippen molar-refractivity contribution in [3.8, 4) is 0 Å². The first-order chi connectivity index (χ1) is 10.1. The van der Waals surface area contributed by atoms with Crippen LogP contribution < -0.4 is 0 Å². The van der Waals surface area contributed by atoms with Gasteiger partial charge in [-0.1, -0.05) is 26.0 Å². The van der Waals surface area contributed by atoms with Gasteiger partial charge in [0.2, 0.25) is 5.78 Å². The third kappa shape index (κ3) is 3.63. The van der Waals surface area contributed by atoms with E-state index in [2.05, 4.69) is 0 Å². The van der Waals surface area contributed by atoms with Gasteiger partial charge in [-0.3, -0.25) is 4.79 Å². The highest BCUT2D eigenvalue weighted by atomic mass is 19.3. The molecule has 1 aliphatic carbocycles. The summed E-state index contributed by atoms with van der Waals surface area (Å²) in [6.45, 7) is 7.27. The molecule has 126 valence electrons. The number of ether oxygens (including phenoxy) is 1. The normalized spacial score (nSPS) is 28.4. The Morgan fingerprint density at radius 3 is 2.45 bits per heavy atom. The summed E-state index contributed by atoms with van der Waals surface area (Å²) < 4.78 is 33.1. The van der Waals surface area contributed by atoms with E-state index in [-0.39, 0.29) is 6.42 Å². The molecule has 1 amide bonds. The third-order valence-corrected chi connectivity index (χ3v) is 3.85. The second-order valence-electron chi connectivity index (χ2n) is 5.99. The highest BCUT2D eigenvalue weighted by Gasteiger charge is 2.54. The summed E-state index contributed by atoms with van der Waals surface area (Å²) in [7, 11) is 0. The van der Waals surface area contributed by atoms with Gasteiger partial charge in [0, 0.05) is 18.5 Å². The summed E-state index contributed by atoms with van der Waals surface area (Å²) in [6, 6.07) is 0. The molecule has 0 aromatic rings. The fraction of sp³-hybridized carbons (Fsp3) is 0.733. The van der Waals surface area contributed by atoms with Gasteiger partial charge in [-0.25, -0.2) is 4.79 Å². The number of allylic oxidation sites excluding steroid dienone is 1. The number of alkyl halides is 2. The zero-order valence-corrected chi connectivity index (χ0v) is 13.3. The Labute approximate surface area is 128 Å². The molecule has 5 nitrogen and oxygen atoms in total.